The maximum absolute atomic E-state index is 11.5. The van der Waals surface area contributed by atoms with Gasteiger partial charge in [-0.05, 0) is 36.6 Å². The van der Waals surface area contributed by atoms with Crippen molar-refractivity contribution in [3.63, 3.8) is 0 Å². The van der Waals surface area contributed by atoms with Crippen LogP contribution in [0.4, 0.5) is 0 Å². The van der Waals surface area contributed by atoms with Gasteiger partial charge in [-0.2, -0.15) is 0 Å². The lowest BCUT2D eigenvalue weighted by Crippen LogP contribution is -2.07. The molecule has 1 aliphatic rings. The summed E-state index contributed by atoms with van der Waals surface area (Å²) < 4.78 is 11.0. The van der Waals surface area contributed by atoms with E-state index >= 15 is 0 Å². The van der Waals surface area contributed by atoms with Gasteiger partial charge in [-0.25, -0.2) is 0 Å². The number of hydrogen-bond acceptors (Lipinski definition) is 3. The van der Waals surface area contributed by atoms with Crippen molar-refractivity contribution >= 4 is 5.78 Å². The summed E-state index contributed by atoms with van der Waals surface area (Å²) in [5.41, 5.74) is 1.98. The molecule has 1 aliphatic carbocycles. The highest BCUT2D eigenvalue weighted by molar-refractivity contribution is 6.00. The van der Waals surface area contributed by atoms with Gasteiger partial charge in [-0.15, -0.1) is 0 Å². The number of benzene rings is 1. The SMILES string of the molecule is CCCCOCCOc1ccc2c(c1)CCC2=O. The number of rotatable bonds is 7. The first-order chi connectivity index (χ1) is 8.81. The normalized spacial score (nSPS) is 13.7. The first-order valence-electron chi connectivity index (χ1n) is 6.68. The number of aryl methyl sites for hydroxylation is 1. The number of carbonyl (C=O) groups is 1. The molecule has 3 heteroatoms. The zero-order valence-corrected chi connectivity index (χ0v) is 10.9. The topological polar surface area (TPSA) is 35.5 Å². The molecule has 2 rings (SSSR count). The van der Waals surface area contributed by atoms with Crippen LogP contribution in [0.1, 0.15) is 42.1 Å². The number of fused-ring (bicyclic) bond motifs is 1. The fourth-order valence-electron chi connectivity index (χ4n) is 2.09. The summed E-state index contributed by atoms with van der Waals surface area (Å²) in [7, 11) is 0. The van der Waals surface area contributed by atoms with E-state index in [9.17, 15) is 4.79 Å². The molecular weight excluding hydrogens is 228 g/mol. The molecule has 0 aromatic heterocycles. The van der Waals surface area contributed by atoms with Crippen LogP contribution >= 0.6 is 0 Å². The predicted molar refractivity (Wildman–Crippen MR) is 70.3 cm³/mol. The highest BCUT2D eigenvalue weighted by atomic mass is 16.5. The lowest BCUT2D eigenvalue weighted by Gasteiger charge is -2.08. The van der Waals surface area contributed by atoms with Gasteiger partial charge in [0.05, 0.1) is 6.61 Å². The quantitative estimate of drug-likeness (QED) is 0.696. The van der Waals surface area contributed by atoms with Gasteiger partial charge in [0.25, 0.3) is 0 Å². The molecule has 0 saturated carbocycles. The molecule has 0 aliphatic heterocycles. The Labute approximate surface area is 108 Å². The fourth-order valence-corrected chi connectivity index (χ4v) is 2.09. The summed E-state index contributed by atoms with van der Waals surface area (Å²) in [4.78, 5) is 11.5. The molecule has 18 heavy (non-hydrogen) atoms. The third-order valence-corrected chi connectivity index (χ3v) is 3.14. The molecule has 3 nitrogen and oxygen atoms in total. The van der Waals surface area contributed by atoms with Crippen LogP contribution in [0.3, 0.4) is 0 Å². The molecule has 0 saturated heterocycles. The second-order valence-corrected chi connectivity index (χ2v) is 4.56. The summed E-state index contributed by atoms with van der Waals surface area (Å²) in [5.74, 6) is 1.09. The smallest absolute Gasteiger partial charge is 0.163 e. The fraction of sp³-hybridized carbons (Fsp3) is 0.533. The standard InChI is InChI=1S/C15H20O3/c1-2-3-8-17-9-10-18-13-5-6-14-12(11-13)4-7-15(14)16/h5-6,11H,2-4,7-10H2,1H3. The van der Waals surface area contributed by atoms with E-state index in [2.05, 4.69) is 6.92 Å². The summed E-state index contributed by atoms with van der Waals surface area (Å²) in [6, 6.07) is 5.72. The molecule has 98 valence electrons. The van der Waals surface area contributed by atoms with Gasteiger partial charge in [0.1, 0.15) is 12.4 Å². The van der Waals surface area contributed by atoms with E-state index < -0.39 is 0 Å². The maximum Gasteiger partial charge on any atom is 0.163 e. The molecule has 0 unspecified atom stereocenters. The van der Waals surface area contributed by atoms with E-state index in [1.807, 2.05) is 18.2 Å². The van der Waals surface area contributed by atoms with Gasteiger partial charge in [0.2, 0.25) is 0 Å². The Morgan fingerprint density at radius 3 is 2.89 bits per heavy atom. The summed E-state index contributed by atoms with van der Waals surface area (Å²) >= 11 is 0. The third-order valence-electron chi connectivity index (χ3n) is 3.14. The van der Waals surface area contributed by atoms with Crippen LogP contribution in [-0.2, 0) is 11.2 Å². The van der Waals surface area contributed by atoms with Crippen molar-refractivity contribution in [2.24, 2.45) is 0 Å². The van der Waals surface area contributed by atoms with Gasteiger partial charge in [0, 0.05) is 18.6 Å². The van der Waals surface area contributed by atoms with Crippen molar-refractivity contribution in [1.29, 1.82) is 0 Å². The molecule has 0 bridgehead atoms. The molecule has 0 radical (unpaired) electrons. The number of ketones is 1. The minimum Gasteiger partial charge on any atom is -0.491 e. The summed E-state index contributed by atoms with van der Waals surface area (Å²) in [6.07, 6.45) is 3.73. The molecule has 1 aromatic carbocycles. The van der Waals surface area contributed by atoms with E-state index in [4.69, 9.17) is 9.47 Å². The van der Waals surface area contributed by atoms with Crippen molar-refractivity contribution in [3.05, 3.63) is 29.3 Å². The maximum atomic E-state index is 11.5. The van der Waals surface area contributed by atoms with E-state index in [1.54, 1.807) is 0 Å². The zero-order valence-electron chi connectivity index (χ0n) is 10.9. The van der Waals surface area contributed by atoms with Crippen LogP contribution in [0.15, 0.2) is 18.2 Å². The minimum atomic E-state index is 0.249. The Kier molecular flexibility index (Phi) is 4.76. The Hall–Kier alpha value is -1.35. The highest BCUT2D eigenvalue weighted by Gasteiger charge is 2.19. The van der Waals surface area contributed by atoms with Gasteiger partial charge in [-0.3, -0.25) is 4.79 Å². The van der Waals surface area contributed by atoms with E-state index in [-0.39, 0.29) is 5.78 Å². The molecule has 0 heterocycles. The van der Waals surface area contributed by atoms with Crippen molar-refractivity contribution in [1.82, 2.24) is 0 Å². The molecule has 0 N–H and O–H groups in total. The van der Waals surface area contributed by atoms with E-state index in [0.717, 1.165) is 42.7 Å². The minimum absolute atomic E-state index is 0.249. The van der Waals surface area contributed by atoms with Crippen LogP contribution in [0, 0.1) is 0 Å². The average molecular weight is 248 g/mol. The van der Waals surface area contributed by atoms with Crippen molar-refractivity contribution in [2.45, 2.75) is 32.6 Å². The lowest BCUT2D eigenvalue weighted by molar-refractivity contribution is 0.0979. The summed E-state index contributed by atoms with van der Waals surface area (Å²) in [6.45, 7) is 4.14. The highest BCUT2D eigenvalue weighted by Crippen LogP contribution is 2.25. The zero-order chi connectivity index (χ0) is 12.8. The van der Waals surface area contributed by atoms with Gasteiger partial charge >= 0.3 is 0 Å². The van der Waals surface area contributed by atoms with E-state index in [1.165, 1.54) is 0 Å². The van der Waals surface area contributed by atoms with Gasteiger partial charge < -0.3 is 9.47 Å². The molecule has 0 fully saturated rings. The second-order valence-electron chi connectivity index (χ2n) is 4.56. The largest absolute Gasteiger partial charge is 0.491 e. The Balaban J connectivity index is 1.75. The lowest BCUT2D eigenvalue weighted by atomic mass is 10.1. The number of Topliss-reactive ketones (excluding diaryl/α,β-unsaturated/α-hetero) is 1. The Bertz CT molecular complexity index is 412. The van der Waals surface area contributed by atoms with Crippen molar-refractivity contribution in [2.75, 3.05) is 19.8 Å². The molecule has 1 aromatic rings. The van der Waals surface area contributed by atoms with Gasteiger partial charge in [0.15, 0.2) is 5.78 Å². The average Bonchev–Trinajstić information content (AvgIpc) is 2.75. The van der Waals surface area contributed by atoms with Crippen LogP contribution in [-0.4, -0.2) is 25.6 Å². The predicted octanol–water partition coefficient (Wildman–Crippen LogP) is 3.01. The van der Waals surface area contributed by atoms with Crippen molar-refractivity contribution < 1.29 is 14.3 Å². The number of carbonyl (C=O) groups excluding carboxylic acids is 1. The number of ether oxygens (including phenoxy) is 2. The van der Waals surface area contributed by atoms with Crippen LogP contribution in [0.25, 0.3) is 0 Å². The van der Waals surface area contributed by atoms with Gasteiger partial charge in [-0.1, -0.05) is 13.3 Å². The second kappa shape index (κ2) is 6.55. The number of hydrogen-bond donors (Lipinski definition) is 0. The molecule has 0 amide bonds. The van der Waals surface area contributed by atoms with Crippen LogP contribution in [0.2, 0.25) is 0 Å². The Morgan fingerprint density at radius 1 is 1.17 bits per heavy atom. The van der Waals surface area contributed by atoms with Crippen LogP contribution < -0.4 is 4.74 Å². The molecule has 0 spiro atoms. The monoisotopic (exact) mass is 248 g/mol. The first kappa shape index (κ1) is 13.1. The van der Waals surface area contributed by atoms with Crippen LogP contribution in [0.5, 0.6) is 5.75 Å². The molecule has 0 atom stereocenters. The number of unbranched alkanes of at least 4 members (excludes halogenated alkanes) is 1. The first-order valence-corrected chi connectivity index (χ1v) is 6.68. The van der Waals surface area contributed by atoms with Crippen molar-refractivity contribution in [3.8, 4) is 5.75 Å². The third kappa shape index (κ3) is 3.33. The Morgan fingerprint density at radius 2 is 2.06 bits per heavy atom. The summed E-state index contributed by atoms with van der Waals surface area (Å²) in [5, 5.41) is 0. The molecular formula is C15H20O3. The van der Waals surface area contributed by atoms with E-state index in [0.29, 0.717) is 19.6 Å².